The number of hydrogen-bond acceptors (Lipinski definition) is 3. The normalized spacial score (nSPS) is 11.3. The van der Waals surface area contributed by atoms with Gasteiger partial charge in [0.05, 0.1) is 13.1 Å². The second-order valence-corrected chi connectivity index (χ2v) is 6.18. The fourth-order valence-electron chi connectivity index (χ4n) is 2.34. The molecule has 0 aliphatic heterocycles. The summed E-state index contributed by atoms with van der Waals surface area (Å²) < 4.78 is 16.1. The van der Waals surface area contributed by atoms with Crippen LogP contribution in [0, 0.1) is 5.82 Å². The van der Waals surface area contributed by atoms with Crippen molar-refractivity contribution < 1.29 is 4.39 Å². The molecule has 0 saturated carbocycles. The molecule has 2 heterocycles. The average Bonchev–Trinajstić information content (AvgIpc) is 3.03. The number of guanidine groups is 1. The summed E-state index contributed by atoms with van der Waals surface area (Å²) in [4.78, 5) is 4.51. The summed E-state index contributed by atoms with van der Waals surface area (Å²) in [6.45, 7) is 3.54. The van der Waals surface area contributed by atoms with Gasteiger partial charge in [-0.25, -0.2) is 9.38 Å². The number of halogens is 3. The Kier molecular flexibility index (Phi) is 7.76. The van der Waals surface area contributed by atoms with Gasteiger partial charge in [-0.05, 0) is 42.8 Å². The van der Waals surface area contributed by atoms with Crippen molar-refractivity contribution in [3.8, 4) is 0 Å². The highest BCUT2D eigenvalue weighted by Crippen LogP contribution is 2.18. The number of hydrogen-bond donors (Lipinski definition) is 2. The predicted molar refractivity (Wildman–Crippen MR) is 114 cm³/mol. The monoisotopic (exact) mass is 532 g/mol. The van der Waals surface area contributed by atoms with Gasteiger partial charge >= 0.3 is 0 Å². The molecule has 1 aromatic carbocycles. The van der Waals surface area contributed by atoms with E-state index in [1.165, 1.54) is 12.1 Å². The molecule has 2 aromatic heterocycles. The average molecular weight is 533 g/mol. The van der Waals surface area contributed by atoms with E-state index in [4.69, 9.17) is 0 Å². The van der Waals surface area contributed by atoms with Gasteiger partial charge in [0, 0.05) is 17.2 Å². The molecule has 0 fully saturated rings. The maximum atomic E-state index is 13.4. The highest BCUT2D eigenvalue weighted by molar-refractivity contribution is 14.0. The summed E-state index contributed by atoms with van der Waals surface area (Å²) in [5.74, 6) is 1.14. The van der Waals surface area contributed by atoms with Crippen LogP contribution in [0.15, 0.2) is 52.1 Å². The van der Waals surface area contributed by atoms with Gasteiger partial charge in [0.25, 0.3) is 0 Å². The Balaban J connectivity index is 0.00000243. The number of fused-ring (bicyclic) bond motifs is 1. The van der Waals surface area contributed by atoms with E-state index in [1.807, 2.05) is 35.7 Å². The van der Waals surface area contributed by atoms with Gasteiger partial charge in [-0.2, -0.15) is 0 Å². The number of aliphatic imine (C=N–C) groups is 1. The van der Waals surface area contributed by atoms with Crippen LogP contribution in [0.2, 0.25) is 0 Å². The van der Waals surface area contributed by atoms with Crippen LogP contribution in [0.3, 0.4) is 0 Å². The zero-order valence-electron chi connectivity index (χ0n) is 14.1. The fourth-order valence-corrected chi connectivity index (χ4v) is 2.72. The van der Waals surface area contributed by atoms with Gasteiger partial charge < -0.3 is 10.6 Å². The van der Waals surface area contributed by atoms with Crippen molar-refractivity contribution in [3.05, 3.63) is 64.3 Å². The van der Waals surface area contributed by atoms with Crippen molar-refractivity contribution in [1.29, 1.82) is 0 Å². The number of nitrogens with zero attached hydrogens (tertiary/aromatic N) is 4. The third-order valence-electron chi connectivity index (χ3n) is 3.56. The number of nitrogens with one attached hydrogen (secondary N) is 2. The zero-order valence-corrected chi connectivity index (χ0v) is 18.0. The molecule has 3 rings (SSSR count). The van der Waals surface area contributed by atoms with E-state index < -0.39 is 0 Å². The Labute approximate surface area is 176 Å². The van der Waals surface area contributed by atoms with Gasteiger partial charge in [0.15, 0.2) is 17.4 Å². The topological polar surface area (TPSA) is 66.6 Å². The molecule has 0 unspecified atom stereocenters. The molecular weight excluding hydrogens is 514 g/mol. The first-order chi connectivity index (χ1) is 12.2. The highest BCUT2D eigenvalue weighted by Gasteiger charge is 2.06. The van der Waals surface area contributed by atoms with Crippen molar-refractivity contribution in [2.24, 2.45) is 4.99 Å². The van der Waals surface area contributed by atoms with Crippen LogP contribution in [0.4, 0.5) is 4.39 Å². The summed E-state index contributed by atoms with van der Waals surface area (Å²) in [6.07, 6.45) is 1.92. The Hall–Kier alpha value is -1.75. The molecule has 9 heteroatoms. The molecule has 26 heavy (non-hydrogen) atoms. The molecular formula is C17H19BrFIN6. The van der Waals surface area contributed by atoms with Crippen molar-refractivity contribution in [3.63, 3.8) is 0 Å². The fraction of sp³-hybridized carbons (Fsp3) is 0.235. The lowest BCUT2D eigenvalue weighted by molar-refractivity contribution is 0.625. The van der Waals surface area contributed by atoms with E-state index in [0.717, 1.165) is 28.1 Å². The van der Waals surface area contributed by atoms with Gasteiger partial charge in [-0.1, -0.05) is 22.0 Å². The van der Waals surface area contributed by atoms with Crippen molar-refractivity contribution in [2.75, 3.05) is 6.54 Å². The molecule has 0 aliphatic rings. The van der Waals surface area contributed by atoms with Crippen molar-refractivity contribution in [1.82, 2.24) is 25.2 Å². The molecule has 3 aromatic rings. The summed E-state index contributed by atoms with van der Waals surface area (Å²) in [6, 6.07) is 10.3. The number of benzene rings is 1. The second kappa shape index (κ2) is 9.81. The third kappa shape index (κ3) is 5.13. The van der Waals surface area contributed by atoms with E-state index in [2.05, 4.69) is 41.8 Å². The molecule has 138 valence electrons. The molecule has 0 aliphatic carbocycles. The van der Waals surface area contributed by atoms with E-state index >= 15 is 0 Å². The van der Waals surface area contributed by atoms with Crippen molar-refractivity contribution in [2.45, 2.75) is 20.0 Å². The summed E-state index contributed by atoms with van der Waals surface area (Å²) in [5, 5.41) is 14.7. The number of pyridine rings is 1. The number of aromatic nitrogens is 3. The summed E-state index contributed by atoms with van der Waals surface area (Å²) in [7, 11) is 0. The van der Waals surface area contributed by atoms with Crippen molar-refractivity contribution >= 4 is 51.5 Å². The quantitative estimate of drug-likeness (QED) is 0.300. The lowest BCUT2D eigenvalue weighted by Gasteiger charge is -2.11. The first-order valence-electron chi connectivity index (χ1n) is 7.92. The minimum Gasteiger partial charge on any atom is -0.357 e. The summed E-state index contributed by atoms with van der Waals surface area (Å²) >= 11 is 3.42. The second-order valence-electron chi connectivity index (χ2n) is 5.33. The molecule has 0 atom stereocenters. The lowest BCUT2D eigenvalue weighted by atomic mass is 10.2. The minimum absolute atomic E-state index is 0. The van der Waals surface area contributed by atoms with Crippen LogP contribution in [-0.4, -0.2) is 27.1 Å². The van der Waals surface area contributed by atoms with Gasteiger partial charge in [-0.15, -0.1) is 34.2 Å². The zero-order chi connectivity index (χ0) is 17.6. The maximum Gasteiger partial charge on any atom is 0.191 e. The molecule has 0 amide bonds. The molecule has 0 radical (unpaired) electrons. The largest absolute Gasteiger partial charge is 0.357 e. The number of rotatable bonds is 5. The van der Waals surface area contributed by atoms with Crippen LogP contribution in [0.25, 0.3) is 5.65 Å². The molecule has 0 spiro atoms. The van der Waals surface area contributed by atoms with Crippen LogP contribution < -0.4 is 10.6 Å². The Morgan fingerprint density at radius 3 is 2.88 bits per heavy atom. The molecule has 6 nitrogen and oxygen atoms in total. The highest BCUT2D eigenvalue weighted by atomic mass is 127. The molecule has 2 N–H and O–H groups in total. The standard InChI is InChI=1S/C17H18BrFN6.HI/c1-2-20-17(21-10-12-9-13(19)6-7-14(12)18)22-11-16-24-23-15-5-3-4-8-25(15)16;/h3-9H,2,10-11H2,1H3,(H2,20,21,22);1H. The summed E-state index contributed by atoms with van der Waals surface area (Å²) in [5.41, 5.74) is 1.58. The molecule has 0 bridgehead atoms. The minimum atomic E-state index is -0.277. The van der Waals surface area contributed by atoms with Gasteiger partial charge in [-0.3, -0.25) is 4.40 Å². The first kappa shape index (κ1) is 20.6. The van der Waals surface area contributed by atoms with Crippen LogP contribution >= 0.6 is 39.9 Å². The Morgan fingerprint density at radius 2 is 2.08 bits per heavy atom. The Bertz CT molecular complexity index is 898. The lowest BCUT2D eigenvalue weighted by Crippen LogP contribution is -2.37. The van der Waals surface area contributed by atoms with Crippen LogP contribution in [0.1, 0.15) is 18.3 Å². The van der Waals surface area contributed by atoms with Crippen LogP contribution in [-0.2, 0) is 13.1 Å². The predicted octanol–water partition coefficient (Wildman–Crippen LogP) is 3.50. The van der Waals surface area contributed by atoms with E-state index in [9.17, 15) is 4.39 Å². The third-order valence-corrected chi connectivity index (χ3v) is 4.33. The first-order valence-corrected chi connectivity index (χ1v) is 8.71. The van der Waals surface area contributed by atoms with Gasteiger partial charge in [0.2, 0.25) is 0 Å². The molecule has 0 saturated heterocycles. The SMILES string of the molecule is CCNC(=NCc1cc(F)ccc1Br)NCc1nnc2ccccn12.I. The smallest absolute Gasteiger partial charge is 0.191 e. The van der Waals surface area contributed by atoms with E-state index in [1.54, 1.807) is 6.07 Å². The van der Waals surface area contributed by atoms with E-state index in [-0.39, 0.29) is 29.8 Å². The van der Waals surface area contributed by atoms with Crippen LogP contribution in [0.5, 0.6) is 0 Å². The van der Waals surface area contributed by atoms with Gasteiger partial charge in [0.1, 0.15) is 5.82 Å². The maximum absolute atomic E-state index is 13.4. The van der Waals surface area contributed by atoms with E-state index in [0.29, 0.717) is 19.0 Å². The Morgan fingerprint density at radius 1 is 1.23 bits per heavy atom.